The molecule has 0 aliphatic heterocycles. The Kier molecular flexibility index (Phi) is 6.13. The van der Waals surface area contributed by atoms with Gasteiger partial charge in [0.15, 0.2) is 0 Å². The molecule has 0 N–H and O–H groups in total. The van der Waals surface area contributed by atoms with Gasteiger partial charge in [-0.25, -0.2) is 0 Å². The molecule has 0 bridgehead atoms. The van der Waals surface area contributed by atoms with Gasteiger partial charge in [-0.05, 0) is 47.3 Å². The molecule has 4 aliphatic carbocycles. The van der Waals surface area contributed by atoms with E-state index in [0.29, 0.717) is 22.9 Å². The average Bonchev–Trinajstić information content (AvgIpc) is 3.23. The van der Waals surface area contributed by atoms with Gasteiger partial charge in [0.25, 0.3) is 0 Å². The highest BCUT2D eigenvalue weighted by molar-refractivity contribution is 6.83. The van der Waals surface area contributed by atoms with Crippen molar-refractivity contribution in [3.63, 3.8) is 0 Å². The lowest BCUT2D eigenvalue weighted by Crippen LogP contribution is -2.39. The van der Waals surface area contributed by atoms with Gasteiger partial charge in [-0.1, -0.05) is 146 Å². The lowest BCUT2D eigenvalue weighted by atomic mass is 9.89. The number of benzene rings is 2. The zero-order valence-electron chi connectivity index (χ0n) is 22.4. The lowest BCUT2D eigenvalue weighted by molar-refractivity contribution is 0.981. The molecule has 6 rings (SSSR count). The van der Waals surface area contributed by atoms with E-state index in [-0.39, 0.29) is 0 Å². The quantitative estimate of drug-likeness (QED) is 0.370. The Hall–Kier alpha value is -3.42. The molecule has 37 heavy (non-hydrogen) atoms. The monoisotopic (exact) mass is 496 g/mol. The second kappa shape index (κ2) is 9.47. The summed E-state index contributed by atoms with van der Waals surface area (Å²) in [5.41, 5.74) is 12.9. The van der Waals surface area contributed by atoms with Crippen LogP contribution in [0.3, 0.4) is 0 Å². The SMILES string of the molecule is CC1=CC2=C(C=CC=C[C@H]2c2ccccc2)C1[Si](C)(C)C1C(C)=CC2=C1C=CC=C[C@H]2c1ccccc1. The van der Waals surface area contributed by atoms with Crippen molar-refractivity contribution in [3.05, 3.63) is 166 Å². The van der Waals surface area contributed by atoms with Crippen molar-refractivity contribution in [3.8, 4) is 0 Å². The van der Waals surface area contributed by atoms with Gasteiger partial charge >= 0.3 is 0 Å². The van der Waals surface area contributed by atoms with E-state index in [2.05, 4.69) is 148 Å². The van der Waals surface area contributed by atoms with Crippen LogP contribution in [0.1, 0.15) is 36.8 Å². The summed E-state index contributed by atoms with van der Waals surface area (Å²) in [6, 6.07) is 22.0. The van der Waals surface area contributed by atoms with Crippen LogP contribution in [0.4, 0.5) is 0 Å². The van der Waals surface area contributed by atoms with Crippen LogP contribution in [-0.2, 0) is 0 Å². The Labute approximate surface area is 223 Å². The van der Waals surface area contributed by atoms with Gasteiger partial charge in [-0.2, -0.15) is 0 Å². The molecular weight excluding hydrogens is 460 g/mol. The van der Waals surface area contributed by atoms with Gasteiger partial charge in [0.1, 0.15) is 0 Å². The third-order valence-corrected chi connectivity index (χ3v) is 13.3. The average molecular weight is 497 g/mol. The highest BCUT2D eigenvalue weighted by atomic mass is 28.3. The fraction of sp³-hybridized carbons (Fsp3) is 0.222. The van der Waals surface area contributed by atoms with Crippen LogP contribution in [-0.4, -0.2) is 8.07 Å². The Morgan fingerprint density at radius 2 is 0.919 bits per heavy atom. The van der Waals surface area contributed by atoms with Crippen LogP contribution in [0.2, 0.25) is 24.2 Å². The summed E-state index contributed by atoms with van der Waals surface area (Å²) in [5.74, 6) is 0.630. The molecule has 0 heterocycles. The predicted molar refractivity (Wildman–Crippen MR) is 161 cm³/mol. The van der Waals surface area contributed by atoms with Crippen molar-refractivity contribution in [2.24, 2.45) is 0 Å². The third kappa shape index (κ3) is 4.06. The zero-order valence-corrected chi connectivity index (χ0v) is 23.4. The molecule has 2 unspecified atom stereocenters. The Balaban J connectivity index is 1.43. The van der Waals surface area contributed by atoms with Crippen molar-refractivity contribution in [2.45, 2.75) is 49.9 Å². The number of hydrogen-bond acceptors (Lipinski definition) is 0. The minimum absolute atomic E-state index is 0.315. The Morgan fingerprint density at radius 1 is 0.514 bits per heavy atom. The van der Waals surface area contributed by atoms with E-state index in [4.69, 9.17) is 0 Å². The van der Waals surface area contributed by atoms with Gasteiger partial charge in [0.05, 0.1) is 8.07 Å². The van der Waals surface area contributed by atoms with Gasteiger partial charge < -0.3 is 0 Å². The molecule has 0 aromatic heterocycles. The van der Waals surface area contributed by atoms with E-state index in [1.807, 2.05) is 0 Å². The van der Waals surface area contributed by atoms with E-state index in [9.17, 15) is 0 Å². The molecule has 2 aromatic rings. The smallest absolute Gasteiger partial charge is 0.0721 e. The molecule has 0 amide bonds. The maximum atomic E-state index is 2.64. The zero-order chi connectivity index (χ0) is 25.6. The van der Waals surface area contributed by atoms with Crippen LogP contribution < -0.4 is 0 Å². The van der Waals surface area contributed by atoms with E-state index < -0.39 is 8.07 Å². The summed E-state index contributed by atoms with van der Waals surface area (Å²) in [4.78, 5) is 0. The van der Waals surface area contributed by atoms with Crippen molar-refractivity contribution in [1.29, 1.82) is 0 Å². The first-order valence-corrected chi connectivity index (χ1v) is 16.8. The molecule has 4 aliphatic rings. The van der Waals surface area contributed by atoms with Crippen LogP contribution in [0, 0.1) is 0 Å². The van der Waals surface area contributed by atoms with Gasteiger partial charge in [0.2, 0.25) is 0 Å². The predicted octanol–water partition coefficient (Wildman–Crippen LogP) is 9.77. The number of hydrogen-bond donors (Lipinski definition) is 0. The standard InChI is InChI=1S/C36H36Si/c1-25-23-33-29(27-15-7-5-8-16-27)19-11-13-21-31(33)35(25)37(3,4)36-26(2)24-34-30(20-12-14-22-32(34)36)28-17-9-6-10-18-28/h5-24,29-30,35-36H,1-4H3/t29-,30-,35?,36?/m0/s1. The molecule has 0 radical (unpaired) electrons. The lowest BCUT2D eigenvalue weighted by Gasteiger charge is -2.40. The molecule has 0 nitrogen and oxygen atoms in total. The van der Waals surface area contributed by atoms with Crippen LogP contribution in [0.25, 0.3) is 0 Å². The fourth-order valence-corrected chi connectivity index (χ4v) is 12.5. The van der Waals surface area contributed by atoms with Crippen LogP contribution in [0.5, 0.6) is 0 Å². The van der Waals surface area contributed by atoms with Crippen molar-refractivity contribution >= 4 is 8.07 Å². The summed E-state index contributed by atoms with van der Waals surface area (Å²) in [6.07, 6.45) is 23.7. The molecule has 184 valence electrons. The summed E-state index contributed by atoms with van der Waals surface area (Å²) < 4.78 is 0. The summed E-state index contributed by atoms with van der Waals surface area (Å²) in [6.45, 7) is 10.0. The van der Waals surface area contributed by atoms with Crippen LogP contribution in [0.15, 0.2) is 155 Å². The first-order valence-electron chi connectivity index (χ1n) is 13.6. The maximum Gasteiger partial charge on any atom is 0.0721 e. The molecule has 0 saturated carbocycles. The minimum atomic E-state index is -1.90. The van der Waals surface area contributed by atoms with E-state index >= 15 is 0 Å². The van der Waals surface area contributed by atoms with E-state index in [0.717, 1.165) is 0 Å². The minimum Gasteiger partial charge on any atom is -0.0726 e. The molecular formula is C36H36Si. The van der Waals surface area contributed by atoms with Crippen molar-refractivity contribution in [2.75, 3.05) is 0 Å². The molecule has 2 aromatic carbocycles. The van der Waals surface area contributed by atoms with Crippen LogP contribution >= 0.6 is 0 Å². The van der Waals surface area contributed by atoms with E-state index in [1.54, 1.807) is 22.3 Å². The van der Waals surface area contributed by atoms with Crippen molar-refractivity contribution in [1.82, 2.24) is 0 Å². The van der Waals surface area contributed by atoms with Gasteiger partial charge in [0, 0.05) is 22.9 Å². The molecule has 4 atom stereocenters. The highest BCUT2D eigenvalue weighted by Crippen LogP contribution is 2.58. The first kappa shape index (κ1) is 23.9. The first-order chi connectivity index (χ1) is 18.0. The van der Waals surface area contributed by atoms with E-state index in [1.165, 1.54) is 22.3 Å². The summed E-state index contributed by atoms with van der Waals surface area (Å²) in [5, 5.41) is 0. The second-order valence-electron chi connectivity index (χ2n) is 11.6. The molecule has 0 spiro atoms. The Bertz CT molecular complexity index is 1340. The fourth-order valence-electron chi connectivity index (χ4n) is 7.49. The third-order valence-electron chi connectivity index (χ3n) is 8.82. The normalized spacial score (nSPS) is 26.6. The summed E-state index contributed by atoms with van der Waals surface area (Å²) >= 11 is 0. The highest BCUT2D eigenvalue weighted by Gasteiger charge is 2.48. The summed E-state index contributed by atoms with van der Waals surface area (Å²) in [7, 11) is -1.90. The largest absolute Gasteiger partial charge is 0.0726 e. The Morgan fingerprint density at radius 3 is 1.32 bits per heavy atom. The maximum absolute atomic E-state index is 2.64. The van der Waals surface area contributed by atoms with Crippen molar-refractivity contribution < 1.29 is 0 Å². The number of rotatable bonds is 4. The second-order valence-corrected chi connectivity index (χ2v) is 16.3. The van der Waals surface area contributed by atoms with Gasteiger partial charge in [-0.15, -0.1) is 0 Å². The number of allylic oxidation sites excluding steroid dienone is 16. The molecule has 0 saturated heterocycles. The molecule has 0 fully saturated rings. The molecule has 1 heteroatoms. The topological polar surface area (TPSA) is 0 Å². The van der Waals surface area contributed by atoms with Gasteiger partial charge in [-0.3, -0.25) is 0 Å².